The SMILES string of the molecule is Cc1cc(Br)ccc1SCC(=O)OCC(=O)N[C@@H](C)C(C)C. The minimum Gasteiger partial charge on any atom is -0.455 e. The minimum absolute atomic E-state index is 0.0611. The quantitative estimate of drug-likeness (QED) is 0.573. The molecule has 1 N–H and O–H groups in total. The van der Waals surface area contributed by atoms with E-state index in [0.717, 1.165) is 14.9 Å². The van der Waals surface area contributed by atoms with Crippen LogP contribution < -0.4 is 5.32 Å². The second-order valence-corrected chi connectivity index (χ2v) is 7.39. The predicted molar refractivity (Wildman–Crippen MR) is 93.0 cm³/mol. The lowest BCUT2D eigenvalue weighted by Gasteiger charge is -2.17. The Balaban J connectivity index is 2.33. The maximum Gasteiger partial charge on any atom is 0.316 e. The van der Waals surface area contributed by atoms with Crippen molar-refractivity contribution >= 4 is 39.6 Å². The fourth-order valence-corrected chi connectivity index (χ4v) is 2.84. The monoisotopic (exact) mass is 387 g/mol. The van der Waals surface area contributed by atoms with Crippen LogP contribution in [-0.2, 0) is 14.3 Å². The first kappa shape index (κ1) is 19.0. The molecule has 0 spiro atoms. The smallest absolute Gasteiger partial charge is 0.316 e. The van der Waals surface area contributed by atoms with Crippen LogP contribution in [0, 0.1) is 12.8 Å². The lowest BCUT2D eigenvalue weighted by molar-refractivity contribution is -0.146. The Morgan fingerprint density at radius 3 is 2.59 bits per heavy atom. The Bertz CT molecular complexity index is 534. The number of hydrogen-bond acceptors (Lipinski definition) is 4. The molecule has 1 atom stereocenters. The summed E-state index contributed by atoms with van der Waals surface area (Å²) >= 11 is 4.81. The zero-order valence-electron chi connectivity index (χ0n) is 13.3. The number of hydrogen-bond donors (Lipinski definition) is 1. The molecule has 0 aliphatic carbocycles. The van der Waals surface area contributed by atoms with Crippen LogP contribution in [0.5, 0.6) is 0 Å². The molecule has 0 heterocycles. The van der Waals surface area contributed by atoms with Crippen molar-refractivity contribution in [2.75, 3.05) is 12.4 Å². The van der Waals surface area contributed by atoms with E-state index < -0.39 is 0 Å². The summed E-state index contributed by atoms with van der Waals surface area (Å²) < 4.78 is 6.00. The second kappa shape index (κ2) is 9.20. The molecule has 0 aromatic heterocycles. The van der Waals surface area contributed by atoms with Crippen molar-refractivity contribution < 1.29 is 14.3 Å². The molecule has 0 saturated carbocycles. The molecule has 1 aromatic rings. The second-order valence-electron chi connectivity index (χ2n) is 5.46. The van der Waals surface area contributed by atoms with Gasteiger partial charge in [0, 0.05) is 15.4 Å². The van der Waals surface area contributed by atoms with E-state index in [1.807, 2.05) is 45.9 Å². The molecule has 0 bridgehead atoms. The van der Waals surface area contributed by atoms with Gasteiger partial charge in [-0.2, -0.15) is 0 Å². The minimum atomic E-state index is -0.389. The number of thioether (sulfide) groups is 1. The van der Waals surface area contributed by atoms with E-state index in [4.69, 9.17) is 4.74 Å². The van der Waals surface area contributed by atoms with E-state index in [-0.39, 0.29) is 30.3 Å². The Labute approximate surface area is 144 Å². The molecule has 1 amide bonds. The number of esters is 1. The topological polar surface area (TPSA) is 55.4 Å². The van der Waals surface area contributed by atoms with Gasteiger partial charge in [-0.15, -0.1) is 11.8 Å². The highest BCUT2D eigenvalue weighted by Crippen LogP contribution is 2.25. The maximum absolute atomic E-state index is 11.7. The van der Waals surface area contributed by atoms with Crippen molar-refractivity contribution in [3.63, 3.8) is 0 Å². The third kappa shape index (κ3) is 6.83. The van der Waals surface area contributed by atoms with Gasteiger partial charge in [-0.25, -0.2) is 0 Å². The lowest BCUT2D eigenvalue weighted by Crippen LogP contribution is -2.38. The molecule has 1 aromatic carbocycles. The first-order valence-corrected chi connectivity index (χ1v) is 8.91. The van der Waals surface area contributed by atoms with Crippen molar-refractivity contribution in [2.24, 2.45) is 5.92 Å². The van der Waals surface area contributed by atoms with Crippen molar-refractivity contribution in [1.29, 1.82) is 0 Å². The first-order chi connectivity index (χ1) is 10.3. The van der Waals surface area contributed by atoms with Crippen molar-refractivity contribution in [3.8, 4) is 0 Å². The zero-order valence-corrected chi connectivity index (χ0v) is 15.7. The van der Waals surface area contributed by atoms with Crippen LogP contribution in [0.4, 0.5) is 0 Å². The number of ether oxygens (including phenoxy) is 1. The van der Waals surface area contributed by atoms with Gasteiger partial charge < -0.3 is 10.1 Å². The summed E-state index contributed by atoms with van der Waals surface area (Å²) in [6, 6.07) is 5.94. The van der Waals surface area contributed by atoms with Gasteiger partial charge in [0.1, 0.15) is 0 Å². The Kier molecular flexibility index (Phi) is 7.96. The molecule has 122 valence electrons. The van der Waals surface area contributed by atoms with Crippen LogP contribution in [0.2, 0.25) is 0 Å². The number of nitrogens with one attached hydrogen (secondary N) is 1. The lowest BCUT2D eigenvalue weighted by atomic mass is 10.1. The first-order valence-electron chi connectivity index (χ1n) is 7.13. The molecule has 6 heteroatoms. The number of halogens is 1. The van der Waals surface area contributed by atoms with Gasteiger partial charge in [-0.05, 0) is 43.5 Å². The molecule has 0 radical (unpaired) electrons. The van der Waals surface area contributed by atoms with Gasteiger partial charge in [0.25, 0.3) is 5.91 Å². The van der Waals surface area contributed by atoms with Gasteiger partial charge in [0.05, 0.1) is 5.75 Å². The normalized spacial score (nSPS) is 12.1. The molecule has 0 fully saturated rings. The third-order valence-electron chi connectivity index (χ3n) is 3.24. The number of carbonyl (C=O) groups is 2. The van der Waals surface area contributed by atoms with Crippen LogP contribution in [-0.4, -0.2) is 30.3 Å². The van der Waals surface area contributed by atoms with Crippen LogP contribution in [0.25, 0.3) is 0 Å². The molecule has 0 unspecified atom stereocenters. The molecule has 0 saturated heterocycles. The van der Waals surface area contributed by atoms with Gasteiger partial charge in [-0.1, -0.05) is 29.8 Å². The number of benzene rings is 1. The zero-order chi connectivity index (χ0) is 16.7. The van der Waals surface area contributed by atoms with E-state index in [9.17, 15) is 9.59 Å². The number of rotatable bonds is 7. The van der Waals surface area contributed by atoms with E-state index >= 15 is 0 Å². The number of aryl methyl sites for hydroxylation is 1. The van der Waals surface area contributed by atoms with Crippen LogP contribution in [0.3, 0.4) is 0 Å². The Morgan fingerprint density at radius 1 is 1.32 bits per heavy atom. The Hall–Kier alpha value is -1.01. The molecule has 4 nitrogen and oxygen atoms in total. The van der Waals surface area contributed by atoms with E-state index in [1.54, 1.807) is 0 Å². The standard InChI is InChI=1S/C16H22BrNO3S/c1-10(2)12(4)18-15(19)8-21-16(20)9-22-14-6-5-13(17)7-11(14)3/h5-7,10,12H,8-9H2,1-4H3,(H,18,19)/t12-/m0/s1. The molecular formula is C16H22BrNO3S. The molecular weight excluding hydrogens is 366 g/mol. The summed E-state index contributed by atoms with van der Waals surface area (Å²) in [4.78, 5) is 24.3. The van der Waals surface area contributed by atoms with Crippen LogP contribution in [0.15, 0.2) is 27.6 Å². The Morgan fingerprint density at radius 2 is 2.00 bits per heavy atom. The highest BCUT2D eigenvalue weighted by molar-refractivity contribution is 9.10. The molecule has 22 heavy (non-hydrogen) atoms. The summed E-state index contributed by atoms with van der Waals surface area (Å²) in [5.41, 5.74) is 1.09. The number of amides is 1. The van der Waals surface area contributed by atoms with Crippen molar-refractivity contribution in [2.45, 2.75) is 38.6 Å². The van der Waals surface area contributed by atoms with Crippen molar-refractivity contribution in [3.05, 3.63) is 28.2 Å². The maximum atomic E-state index is 11.7. The summed E-state index contributed by atoms with van der Waals surface area (Å²) in [5.74, 6) is -0.121. The van der Waals surface area contributed by atoms with Crippen LogP contribution >= 0.6 is 27.7 Å². The van der Waals surface area contributed by atoms with E-state index in [2.05, 4.69) is 21.2 Å². The van der Waals surface area contributed by atoms with Gasteiger partial charge in [-0.3, -0.25) is 9.59 Å². The largest absolute Gasteiger partial charge is 0.455 e. The van der Waals surface area contributed by atoms with Gasteiger partial charge in [0.15, 0.2) is 6.61 Å². The molecule has 0 aliphatic heterocycles. The fraction of sp³-hybridized carbons (Fsp3) is 0.500. The molecule has 0 aliphatic rings. The summed E-state index contributed by atoms with van der Waals surface area (Å²) in [6.45, 7) is 7.73. The average molecular weight is 388 g/mol. The average Bonchev–Trinajstić information content (AvgIpc) is 2.44. The van der Waals surface area contributed by atoms with Crippen molar-refractivity contribution in [1.82, 2.24) is 5.32 Å². The summed E-state index contributed by atoms with van der Waals surface area (Å²) in [6.07, 6.45) is 0. The summed E-state index contributed by atoms with van der Waals surface area (Å²) in [7, 11) is 0. The fourth-order valence-electron chi connectivity index (χ4n) is 1.56. The predicted octanol–water partition coefficient (Wildman–Crippen LogP) is 3.55. The highest BCUT2D eigenvalue weighted by atomic mass is 79.9. The van der Waals surface area contributed by atoms with Gasteiger partial charge >= 0.3 is 5.97 Å². The molecule has 1 rings (SSSR count). The van der Waals surface area contributed by atoms with Crippen LogP contribution in [0.1, 0.15) is 26.3 Å². The number of carbonyl (C=O) groups excluding carboxylic acids is 2. The third-order valence-corrected chi connectivity index (χ3v) is 4.88. The van der Waals surface area contributed by atoms with Gasteiger partial charge in [0.2, 0.25) is 0 Å². The highest BCUT2D eigenvalue weighted by Gasteiger charge is 2.13. The van der Waals surface area contributed by atoms with E-state index in [1.165, 1.54) is 11.8 Å². The van der Waals surface area contributed by atoms with E-state index in [0.29, 0.717) is 5.92 Å². The summed E-state index contributed by atoms with van der Waals surface area (Å²) in [5, 5.41) is 2.80.